The third-order valence-corrected chi connectivity index (χ3v) is 6.93. The van der Waals surface area contributed by atoms with Gasteiger partial charge in [0.25, 0.3) is 0 Å². The van der Waals surface area contributed by atoms with Gasteiger partial charge in [-0.15, -0.1) is 0 Å². The number of carbonyl (C=O) groups is 1. The first-order valence-corrected chi connectivity index (χ1v) is 11.1. The molecule has 0 aromatic rings. The third kappa shape index (κ3) is 5.45. The Balaban J connectivity index is 1.36. The highest BCUT2D eigenvalue weighted by Crippen LogP contribution is 2.51. The van der Waals surface area contributed by atoms with Gasteiger partial charge < -0.3 is 9.80 Å². The van der Waals surface area contributed by atoms with Gasteiger partial charge in [-0.3, -0.25) is 9.69 Å². The number of hydrogen-bond acceptors (Lipinski definition) is 3. The van der Waals surface area contributed by atoms with Crippen LogP contribution in [0.15, 0.2) is 0 Å². The van der Waals surface area contributed by atoms with Gasteiger partial charge in [-0.1, -0.05) is 13.8 Å². The van der Waals surface area contributed by atoms with Crippen molar-refractivity contribution in [3.63, 3.8) is 0 Å². The minimum Gasteiger partial charge on any atom is -0.340 e. The molecule has 26 heavy (non-hydrogen) atoms. The summed E-state index contributed by atoms with van der Waals surface area (Å²) in [5.41, 5.74) is 0.646. The first kappa shape index (κ1) is 20.1. The summed E-state index contributed by atoms with van der Waals surface area (Å²) in [6.45, 7) is 16.9. The normalized spacial score (nSPS) is 25.2. The summed E-state index contributed by atoms with van der Waals surface area (Å²) in [5.74, 6) is 1.84. The van der Waals surface area contributed by atoms with Crippen LogP contribution in [0.3, 0.4) is 0 Å². The Morgan fingerprint density at radius 2 is 1.58 bits per heavy atom. The second kappa shape index (κ2) is 8.60. The van der Waals surface area contributed by atoms with Crippen LogP contribution < -0.4 is 0 Å². The van der Waals surface area contributed by atoms with Gasteiger partial charge in [0, 0.05) is 45.2 Å². The van der Waals surface area contributed by atoms with Crippen molar-refractivity contribution in [2.24, 2.45) is 17.3 Å². The lowest BCUT2D eigenvalue weighted by Crippen LogP contribution is -2.51. The third-order valence-electron chi connectivity index (χ3n) is 6.93. The number of amides is 1. The molecule has 150 valence electrons. The molecular formula is C22H41N3O. The average molecular weight is 364 g/mol. The monoisotopic (exact) mass is 363 g/mol. The summed E-state index contributed by atoms with van der Waals surface area (Å²) < 4.78 is 0. The van der Waals surface area contributed by atoms with Crippen molar-refractivity contribution >= 4 is 5.91 Å². The Labute approximate surface area is 161 Å². The highest BCUT2D eigenvalue weighted by Gasteiger charge is 2.44. The zero-order valence-electron chi connectivity index (χ0n) is 17.7. The topological polar surface area (TPSA) is 26.8 Å². The van der Waals surface area contributed by atoms with Crippen molar-refractivity contribution in [2.45, 2.75) is 72.3 Å². The van der Waals surface area contributed by atoms with Crippen LogP contribution in [0, 0.1) is 17.3 Å². The van der Waals surface area contributed by atoms with Crippen LogP contribution >= 0.6 is 0 Å². The molecule has 0 atom stereocenters. The second-order valence-electron chi connectivity index (χ2n) is 10.0. The summed E-state index contributed by atoms with van der Waals surface area (Å²) in [7, 11) is 0. The average Bonchev–Trinajstić information content (AvgIpc) is 3.35. The molecule has 0 unspecified atom stereocenters. The molecule has 3 rings (SSSR count). The van der Waals surface area contributed by atoms with E-state index >= 15 is 0 Å². The minimum absolute atomic E-state index is 0.408. The van der Waals surface area contributed by atoms with E-state index in [1.807, 2.05) is 0 Å². The fourth-order valence-corrected chi connectivity index (χ4v) is 5.16. The SMILES string of the molecule is CC(C)CC1(CN2CCC(CC(=O)N3CCN(C(C)C)CC3)CC2)CC1. The molecule has 2 aliphatic heterocycles. The Hall–Kier alpha value is -0.610. The number of hydrogen-bond donors (Lipinski definition) is 0. The molecule has 3 aliphatic rings. The number of likely N-dealkylation sites (tertiary alicyclic amines) is 1. The number of piperazine rings is 1. The molecule has 1 amide bonds. The maximum Gasteiger partial charge on any atom is 0.222 e. The largest absolute Gasteiger partial charge is 0.340 e. The van der Waals surface area contributed by atoms with Gasteiger partial charge in [-0.25, -0.2) is 0 Å². The first-order chi connectivity index (χ1) is 12.4. The van der Waals surface area contributed by atoms with E-state index in [4.69, 9.17) is 0 Å². The van der Waals surface area contributed by atoms with E-state index in [2.05, 4.69) is 42.4 Å². The first-order valence-electron chi connectivity index (χ1n) is 11.1. The Bertz CT molecular complexity index is 456. The van der Waals surface area contributed by atoms with Crippen LogP contribution in [0.2, 0.25) is 0 Å². The van der Waals surface area contributed by atoms with Gasteiger partial charge >= 0.3 is 0 Å². The van der Waals surface area contributed by atoms with Crippen LogP contribution in [0.5, 0.6) is 0 Å². The van der Waals surface area contributed by atoms with E-state index in [0.29, 0.717) is 23.3 Å². The highest BCUT2D eigenvalue weighted by atomic mass is 16.2. The molecule has 0 bridgehead atoms. The molecule has 2 heterocycles. The molecular weight excluding hydrogens is 322 g/mol. The van der Waals surface area contributed by atoms with Crippen molar-refractivity contribution in [1.82, 2.24) is 14.7 Å². The molecule has 4 nitrogen and oxygen atoms in total. The quantitative estimate of drug-likeness (QED) is 0.693. The van der Waals surface area contributed by atoms with Crippen molar-refractivity contribution in [1.29, 1.82) is 0 Å². The van der Waals surface area contributed by atoms with Crippen LogP contribution in [0.1, 0.15) is 66.2 Å². The molecule has 1 saturated carbocycles. The van der Waals surface area contributed by atoms with Crippen LogP contribution in [-0.2, 0) is 4.79 Å². The Kier molecular flexibility index (Phi) is 6.66. The molecule has 1 aliphatic carbocycles. The summed E-state index contributed by atoms with van der Waals surface area (Å²) in [6, 6.07) is 0.599. The van der Waals surface area contributed by atoms with Crippen LogP contribution in [0.25, 0.3) is 0 Å². The molecule has 2 saturated heterocycles. The van der Waals surface area contributed by atoms with Crippen molar-refractivity contribution in [2.75, 3.05) is 45.8 Å². The maximum absolute atomic E-state index is 12.7. The van der Waals surface area contributed by atoms with E-state index in [0.717, 1.165) is 38.5 Å². The van der Waals surface area contributed by atoms with Gasteiger partial charge in [0.2, 0.25) is 5.91 Å². The van der Waals surface area contributed by atoms with E-state index < -0.39 is 0 Å². The summed E-state index contributed by atoms with van der Waals surface area (Å²) in [5, 5.41) is 0. The Morgan fingerprint density at radius 1 is 0.962 bits per heavy atom. The summed E-state index contributed by atoms with van der Waals surface area (Å²) in [6.07, 6.45) is 7.49. The summed E-state index contributed by atoms with van der Waals surface area (Å²) >= 11 is 0. The smallest absolute Gasteiger partial charge is 0.222 e. The molecule has 4 heteroatoms. The lowest BCUT2D eigenvalue weighted by Gasteiger charge is -2.38. The second-order valence-corrected chi connectivity index (χ2v) is 10.0. The number of carbonyl (C=O) groups excluding carboxylic acids is 1. The maximum atomic E-state index is 12.7. The van der Waals surface area contributed by atoms with Crippen LogP contribution in [0.4, 0.5) is 0 Å². The fraction of sp³-hybridized carbons (Fsp3) is 0.955. The zero-order chi connectivity index (χ0) is 18.7. The van der Waals surface area contributed by atoms with E-state index in [1.165, 1.54) is 51.7 Å². The number of piperidine rings is 1. The number of rotatable bonds is 7. The van der Waals surface area contributed by atoms with Gasteiger partial charge in [0.05, 0.1) is 0 Å². The standard InChI is InChI=1S/C22H41N3O/c1-18(2)16-22(7-8-22)17-23-9-5-20(6-10-23)15-21(26)25-13-11-24(12-14-25)19(3)4/h18-20H,5-17H2,1-4H3. The highest BCUT2D eigenvalue weighted by molar-refractivity contribution is 5.76. The van der Waals surface area contributed by atoms with Gasteiger partial charge in [0.15, 0.2) is 0 Å². The van der Waals surface area contributed by atoms with E-state index in [1.54, 1.807) is 0 Å². The molecule has 0 spiro atoms. The number of nitrogens with zero attached hydrogens (tertiary/aromatic N) is 3. The van der Waals surface area contributed by atoms with Crippen molar-refractivity contribution in [3.05, 3.63) is 0 Å². The minimum atomic E-state index is 0.408. The molecule has 3 fully saturated rings. The fourth-order valence-electron chi connectivity index (χ4n) is 5.16. The van der Waals surface area contributed by atoms with Crippen LogP contribution in [-0.4, -0.2) is 72.5 Å². The summed E-state index contributed by atoms with van der Waals surface area (Å²) in [4.78, 5) is 20.0. The van der Waals surface area contributed by atoms with E-state index in [-0.39, 0.29) is 0 Å². The predicted octanol–water partition coefficient (Wildman–Crippen LogP) is 3.47. The van der Waals surface area contributed by atoms with Crippen molar-refractivity contribution < 1.29 is 4.79 Å². The van der Waals surface area contributed by atoms with E-state index in [9.17, 15) is 4.79 Å². The van der Waals surface area contributed by atoms with Gasteiger partial charge in [0.1, 0.15) is 0 Å². The lowest BCUT2D eigenvalue weighted by molar-refractivity contribution is -0.134. The molecule has 0 N–H and O–H groups in total. The van der Waals surface area contributed by atoms with Gasteiger partial charge in [-0.05, 0) is 76.3 Å². The zero-order valence-corrected chi connectivity index (χ0v) is 17.7. The molecule has 0 aromatic heterocycles. The van der Waals surface area contributed by atoms with Crippen molar-refractivity contribution in [3.8, 4) is 0 Å². The van der Waals surface area contributed by atoms with Gasteiger partial charge in [-0.2, -0.15) is 0 Å². The molecule has 0 radical (unpaired) electrons. The predicted molar refractivity (Wildman–Crippen MR) is 108 cm³/mol. The Morgan fingerprint density at radius 3 is 2.08 bits per heavy atom. The lowest BCUT2D eigenvalue weighted by atomic mass is 9.90. The molecule has 0 aromatic carbocycles.